The van der Waals surface area contributed by atoms with Crippen LogP contribution in [0, 0.1) is 6.92 Å². The highest BCUT2D eigenvalue weighted by atomic mass is 32.2. The lowest BCUT2D eigenvalue weighted by Gasteiger charge is -2.22. The minimum absolute atomic E-state index is 0.171. The van der Waals surface area contributed by atoms with Gasteiger partial charge in [0.25, 0.3) is 5.91 Å². The molecule has 1 N–H and O–H groups in total. The van der Waals surface area contributed by atoms with Gasteiger partial charge >= 0.3 is 0 Å². The summed E-state index contributed by atoms with van der Waals surface area (Å²) in [7, 11) is -1.75. The predicted molar refractivity (Wildman–Crippen MR) is 92.5 cm³/mol. The number of nitrogens with one attached hydrogen (secondary N) is 1. The molecule has 24 heavy (non-hydrogen) atoms. The van der Waals surface area contributed by atoms with Crippen LogP contribution in [0.25, 0.3) is 0 Å². The smallest absolute Gasteiger partial charge is 0.268 e. The molecular weight excluding hydrogens is 326 g/mol. The molecule has 0 spiro atoms. The quantitative estimate of drug-likeness (QED) is 0.902. The number of hydrogen-bond donors (Lipinski definition) is 1. The number of sulfonamides is 1. The van der Waals surface area contributed by atoms with Gasteiger partial charge in [-0.2, -0.15) is 4.31 Å². The molecule has 2 heterocycles. The average Bonchev–Trinajstić information content (AvgIpc) is 3.19. The molecule has 0 atom stereocenters. The number of carbonyl (C=O) groups excluding carboxylic acids is 1. The molecule has 6 nitrogen and oxygen atoms in total. The van der Waals surface area contributed by atoms with Crippen LogP contribution in [0.4, 0.5) is 0 Å². The molecule has 1 aromatic heterocycles. The molecule has 7 heteroatoms. The van der Waals surface area contributed by atoms with Gasteiger partial charge < -0.3 is 9.88 Å². The Morgan fingerprint density at radius 2 is 1.75 bits per heavy atom. The third-order valence-electron chi connectivity index (χ3n) is 5.34. The molecule has 2 aliphatic rings. The van der Waals surface area contributed by atoms with Crippen LogP contribution in [0.15, 0.2) is 11.0 Å². The largest absolute Gasteiger partial charge is 0.348 e. The first-order chi connectivity index (χ1) is 11.4. The van der Waals surface area contributed by atoms with Crippen LogP contribution < -0.4 is 5.32 Å². The minimum Gasteiger partial charge on any atom is -0.348 e. The number of rotatable bonds is 4. The van der Waals surface area contributed by atoms with E-state index in [1.807, 2.05) is 0 Å². The van der Waals surface area contributed by atoms with Crippen molar-refractivity contribution in [1.82, 2.24) is 14.2 Å². The fourth-order valence-electron chi connectivity index (χ4n) is 3.72. The van der Waals surface area contributed by atoms with Crippen LogP contribution in [0.5, 0.6) is 0 Å². The summed E-state index contributed by atoms with van der Waals surface area (Å²) < 4.78 is 28.9. The lowest BCUT2D eigenvalue weighted by Crippen LogP contribution is -2.37. The molecule has 134 valence electrons. The summed E-state index contributed by atoms with van der Waals surface area (Å²) in [5.41, 5.74) is 1.05. The molecule has 1 aliphatic carbocycles. The lowest BCUT2D eigenvalue weighted by atomic mass is 9.95. The second-order valence-electron chi connectivity index (χ2n) is 6.96. The van der Waals surface area contributed by atoms with Gasteiger partial charge in [-0.15, -0.1) is 0 Å². The average molecular weight is 353 g/mol. The van der Waals surface area contributed by atoms with Crippen LogP contribution in [-0.2, 0) is 17.1 Å². The molecular formula is C17H27N3O3S. The zero-order chi connectivity index (χ0) is 17.3. The molecule has 1 aromatic rings. The number of carbonyl (C=O) groups is 1. The van der Waals surface area contributed by atoms with Crippen LogP contribution in [0.1, 0.15) is 61.1 Å². The third-order valence-corrected chi connectivity index (χ3v) is 7.36. The van der Waals surface area contributed by atoms with Crippen molar-refractivity contribution >= 4 is 15.9 Å². The summed E-state index contributed by atoms with van der Waals surface area (Å²) in [5, 5.41) is 3.07. The Bertz CT molecular complexity index is 712. The number of amides is 1. The molecule has 1 saturated carbocycles. The van der Waals surface area contributed by atoms with Crippen LogP contribution in [0.3, 0.4) is 0 Å². The van der Waals surface area contributed by atoms with Crippen LogP contribution in [-0.4, -0.2) is 42.3 Å². The molecule has 1 saturated heterocycles. The van der Waals surface area contributed by atoms with Crippen molar-refractivity contribution in [1.29, 1.82) is 0 Å². The van der Waals surface area contributed by atoms with E-state index in [1.165, 1.54) is 10.7 Å². The zero-order valence-corrected chi connectivity index (χ0v) is 15.4. The summed E-state index contributed by atoms with van der Waals surface area (Å²) in [5.74, 6) is -0.171. The van der Waals surface area contributed by atoms with E-state index in [0.29, 0.717) is 24.5 Å². The summed E-state index contributed by atoms with van der Waals surface area (Å²) in [6.07, 6.45) is 7.34. The van der Waals surface area contributed by atoms with Gasteiger partial charge in [0, 0.05) is 31.9 Å². The van der Waals surface area contributed by atoms with Gasteiger partial charge in [-0.1, -0.05) is 19.3 Å². The first-order valence-corrected chi connectivity index (χ1v) is 10.3. The normalized spacial score (nSPS) is 20.4. The van der Waals surface area contributed by atoms with Gasteiger partial charge in [0.2, 0.25) is 10.0 Å². The van der Waals surface area contributed by atoms with Crippen molar-refractivity contribution in [2.24, 2.45) is 7.05 Å². The maximum atomic E-state index is 12.8. The van der Waals surface area contributed by atoms with Crippen molar-refractivity contribution in [3.8, 4) is 0 Å². The summed E-state index contributed by atoms with van der Waals surface area (Å²) in [6.45, 7) is 2.90. The Morgan fingerprint density at radius 3 is 2.38 bits per heavy atom. The van der Waals surface area contributed by atoms with E-state index in [4.69, 9.17) is 0 Å². The summed E-state index contributed by atoms with van der Waals surface area (Å²) >= 11 is 0. The standard InChI is InChI=1S/C17H27N3O3S/c1-13-16(24(22,23)20-10-6-7-11-20)12-15(19(13)2)17(21)18-14-8-4-3-5-9-14/h12,14H,3-11H2,1-2H3,(H,18,21). The van der Waals surface area contributed by atoms with Crippen molar-refractivity contribution in [2.75, 3.05) is 13.1 Å². The lowest BCUT2D eigenvalue weighted by molar-refractivity contribution is 0.0919. The second kappa shape index (κ2) is 6.88. The maximum Gasteiger partial charge on any atom is 0.268 e. The van der Waals surface area contributed by atoms with E-state index in [2.05, 4.69) is 5.32 Å². The Hall–Kier alpha value is -1.34. The Labute approximate surface area is 144 Å². The highest BCUT2D eigenvalue weighted by Gasteiger charge is 2.32. The summed E-state index contributed by atoms with van der Waals surface area (Å²) in [6, 6.07) is 1.75. The molecule has 0 aromatic carbocycles. The molecule has 3 rings (SSSR count). The fraction of sp³-hybridized carbons (Fsp3) is 0.706. The number of aromatic nitrogens is 1. The SMILES string of the molecule is Cc1c(S(=O)(=O)N2CCCC2)cc(C(=O)NC2CCCCC2)n1C. The first kappa shape index (κ1) is 17.5. The van der Waals surface area contributed by atoms with E-state index in [9.17, 15) is 13.2 Å². The van der Waals surface area contributed by atoms with Crippen molar-refractivity contribution in [3.63, 3.8) is 0 Å². The molecule has 0 bridgehead atoms. The van der Waals surface area contributed by atoms with Gasteiger partial charge in [0.05, 0.1) is 0 Å². The Morgan fingerprint density at radius 1 is 1.12 bits per heavy atom. The fourth-order valence-corrected chi connectivity index (χ4v) is 5.51. The Balaban J connectivity index is 1.83. The molecule has 1 amide bonds. The summed E-state index contributed by atoms with van der Waals surface area (Å²) in [4.78, 5) is 12.9. The molecule has 0 radical (unpaired) electrons. The van der Waals surface area contributed by atoms with Crippen molar-refractivity contribution in [3.05, 3.63) is 17.5 Å². The van der Waals surface area contributed by atoms with Crippen molar-refractivity contribution < 1.29 is 13.2 Å². The van der Waals surface area contributed by atoms with Gasteiger partial charge in [0.1, 0.15) is 10.6 Å². The molecule has 1 aliphatic heterocycles. The second-order valence-corrected chi connectivity index (χ2v) is 8.86. The van der Waals surface area contributed by atoms with Gasteiger partial charge in [-0.25, -0.2) is 8.42 Å². The van der Waals surface area contributed by atoms with E-state index >= 15 is 0 Å². The number of hydrogen-bond acceptors (Lipinski definition) is 3. The maximum absolute atomic E-state index is 12.8. The van der Waals surface area contributed by atoms with E-state index in [1.54, 1.807) is 24.6 Å². The monoisotopic (exact) mass is 353 g/mol. The van der Waals surface area contributed by atoms with Gasteiger partial charge in [-0.3, -0.25) is 4.79 Å². The van der Waals surface area contributed by atoms with E-state index in [-0.39, 0.29) is 16.8 Å². The molecule has 2 fully saturated rings. The third kappa shape index (κ3) is 3.24. The van der Waals surface area contributed by atoms with Gasteiger partial charge in [-0.05, 0) is 38.7 Å². The number of nitrogens with zero attached hydrogens (tertiary/aromatic N) is 2. The van der Waals surface area contributed by atoms with Crippen LogP contribution >= 0.6 is 0 Å². The van der Waals surface area contributed by atoms with E-state index < -0.39 is 10.0 Å². The molecule has 0 unspecified atom stereocenters. The minimum atomic E-state index is -3.51. The Kier molecular flexibility index (Phi) is 5.01. The predicted octanol–water partition coefficient (Wildman–Crippen LogP) is 2.18. The van der Waals surface area contributed by atoms with Crippen molar-refractivity contribution in [2.45, 2.75) is 62.8 Å². The van der Waals surface area contributed by atoms with E-state index in [0.717, 1.165) is 38.5 Å². The zero-order valence-electron chi connectivity index (χ0n) is 14.5. The van der Waals surface area contributed by atoms with Crippen LogP contribution in [0.2, 0.25) is 0 Å². The highest BCUT2D eigenvalue weighted by molar-refractivity contribution is 7.89. The first-order valence-electron chi connectivity index (χ1n) is 8.88. The van der Waals surface area contributed by atoms with Gasteiger partial charge in [0.15, 0.2) is 0 Å². The topological polar surface area (TPSA) is 71.4 Å². The highest BCUT2D eigenvalue weighted by Crippen LogP contribution is 2.26.